The zero-order valence-corrected chi connectivity index (χ0v) is 13.0. The van der Waals surface area contributed by atoms with Gasteiger partial charge in [-0.25, -0.2) is 4.98 Å². The van der Waals surface area contributed by atoms with Crippen LogP contribution in [0.2, 0.25) is 0 Å². The number of carboxylic acid groups (broad SMARTS) is 1. The first-order valence-corrected chi connectivity index (χ1v) is 8.48. The van der Waals surface area contributed by atoms with Crippen LogP contribution in [-0.4, -0.2) is 45.7 Å². The van der Waals surface area contributed by atoms with Gasteiger partial charge in [-0.1, -0.05) is 18.7 Å². The number of nitrogens with zero attached hydrogens (tertiary/aromatic N) is 2. The number of carbonyl (C=O) groups excluding carboxylic acids is 1. The molecular formula is C13H18N2O3S2. The highest BCUT2D eigenvalue weighted by molar-refractivity contribution is 8.01. The number of piperidine rings is 1. The maximum atomic E-state index is 12.1. The van der Waals surface area contributed by atoms with E-state index in [1.54, 1.807) is 5.38 Å². The SMILES string of the molecule is CC1CCN(C(=O)CSc2nc(CC(=O)O)cs2)CC1. The molecule has 2 heterocycles. The lowest BCUT2D eigenvalue weighted by Gasteiger charge is -2.30. The molecule has 0 aliphatic carbocycles. The van der Waals surface area contributed by atoms with Crippen molar-refractivity contribution in [2.75, 3.05) is 18.8 Å². The molecule has 2 rings (SSSR count). The molecule has 1 aromatic heterocycles. The van der Waals surface area contributed by atoms with Crippen LogP contribution in [0.3, 0.4) is 0 Å². The van der Waals surface area contributed by atoms with Gasteiger partial charge >= 0.3 is 5.97 Å². The minimum absolute atomic E-state index is 0.0605. The molecule has 1 aliphatic rings. The summed E-state index contributed by atoms with van der Waals surface area (Å²) in [6, 6.07) is 0. The van der Waals surface area contributed by atoms with E-state index in [2.05, 4.69) is 11.9 Å². The molecule has 0 bridgehead atoms. The Morgan fingerprint density at radius 3 is 2.85 bits per heavy atom. The van der Waals surface area contributed by atoms with Crippen LogP contribution in [0.1, 0.15) is 25.5 Å². The van der Waals surface area contributed by atoms with E-state index in [-0.39, 0.29) is 12.3 Å². The molecule has 1 amide bonds. The summed E-state index contributed by atoms with van der Waals surface area (Å²) in [6.45, 7) is 3.92. The van der Waals surface area contributed by atoms with Crippen molar-refractivity contribution in [2.45, 2.75) is 30.5 Å². The first-order chi connectivity index (χ1) is 9.54. The minimum Gasteiger partial charge on any atom is -0.481 e. The minimum atomic E-state index is -0.884. The van der Waals surface area contributed by atoms with Crippen molar-refractivity contribution in [3.05, 3.63) is 11.1 Å². The van der Waals surface area contributed by atoms with Crippen LogP contribution >= 0.6 is 23.1 Å². The fourth-order valence-electron chi connectivity index (χ4n) is 2.06. The van der Waals surface area contributed by atoms with Crippen LogP contribution in [0.4, 0.5) is 0 Å². The fraction of sp³-hybridized carbons (Fsp3) is 0.615. The summed E-state index contributed by atoms with van der Waals surface area (Å²) in [6.07, 6.45) is 2.10. The predicted molar refractivity (Wildman–Crippen MR) is 79.2 cm³/mol. The summed E-state index contributed by atoms with van der Waals surface area (Å²) in [5.41, 5.74) is 0.559. The number of carboxylic acids is 1. The Hall–Kier alpha value is -1.08. The molecule has 0 atom stereocenters. The molecule has 1 aliphatic heterocycles. The van der Waals surface area contributed by atoms with E-state index in [1.807, 2.05) is 4.90 Å². The van der Waals surface area contributed by atoms with Crippen molar-refractivity contribution in [1.29, 1.82) is 0 Å². The highest BCUT2D eigenvalue weighted by Gasteiger charge is 2.20. The van der Waals surface area contributed by atoms with Gasteiger partial charge in [-0.2, -0.15) is 0 Å². The van der Waals surface area contributed by atoms with E-state index in [0.29, 0.717) is 17.4 Å². The number of amides is 1. The van der Waals surface area contributed by atoms with Crippen molar-refractivity contribution in [1.82, 2.24) is 9.88 Å². The highest BCUT2D eigenvalue weighted by atomic mass is 32.2. The molecule has 1 aromatic rings. The standard InChI is InChI=1S/C13H18N2O3S2/c1-9-2-4-15(5-3-9)11(16)8-20-13-14-10(7-19-13)6-12(17)18/h7,9H,2-6,8H2,1H3,(H,17,18). The van der Waals surface area contributed by atoms with Gasteiger partial charge in [0.15, 0.2) is 4.34 Å². The van der Waals surface area contributed by atoms with E-state index >= 15 is 0 Å². The predicted octanol–water partition coefficient (Wildman–Crippen LogP) is 2.12. The normalized spacial score (nSPS) is 16.4. The van der Waals surface area contributed by atoms with Gasteiger partial charge in [-0.05, 0) is 18.8 Å². The molecule has 1 saturated heterocycles. The summed E-state index contributed by atoms with van der Waals surface area (Å²) in [7, 11) is 0. The number of rotatable bonds is 5. The lowest BCUT2D eigenvalue weighted by atomic mass is 9.99. The molecule has 5 nitrogen and oxygen atoms in total. The van der Waals surface area contributed by atoms with Gasteiger partial charge in [0, 0.05) is 18.5 Å². The fourth-order valence-corrected chi connectivity index (χ4v) is 3.81. The number of carbonyl (C=O) groups is 2. The van der Waals surface area contributed by atoms with Gasteiger partial charge in [0.25, 0.3) is 0 Å². The van der Waals surface area contributed by atoms with E-state index < -0.39 is 5.97 Å². The van der Waals surface area contributed by atoms with Gasteiger partial charge < -0.3 is 10.0 Å². The third-order valence-corrected chi connectivity index (χ3v) is 5.37. The first-order valence-electron chi connectivity index (χ1n) is 6.61. The van der Waals surface area contributed by atoms with E-state index in [9.17, 15) is 9.59 Å². The van der Waals surface area contributed by atoms with E-state index in [0.717, 1.165) is 30.3 Å². The maximum absolute atomic E-state index is 12.1. The quantitative estimate of drug-likeness (QED) is 0.843. The average molecular weight is 314 g/mol. The molecule has 20 heavy (non-hydrogen) atoms. The Morgan fingerprint density at radius 2 is 2.20 bits per heavy atom. The van der Waals surface area contributed by atoms with E-state index in [1.165, 1.54) is 23.1 Å². The third kappa shape index (κ3) is 4.49. The number of likely N-dealkylation sites (tertiary alicyclic amines) is 1. The summed E-state index contributed by atoms with van der Waals surface area (Å²) < 4.78 is 0.764. The van der Waals surface area contributed by atoms with Crippen molar-refractivity contribution >= 4 is 35.0 Å². The summed E-state index contributed by atoms with van der Waals surface area (Å²) in [5.74, 6) is 0.362. The van der Waals surface area contributed by atoms with Crippen LogP contribution in [0.15, 0.2) is 9.72 Å². The second-order valence-corrected chi connectivity index (χ2v) is 7.11. The monoisotopic (exact) mass is 314 g/mol. The number of hydrogen-bond acceptors (Lipinski definition) is 5. The lowest BCUT2D eigenvalue weighted by molar-refractivity contribution is -0.136. The van der Waals surface area contributed by atoms with Crippen molar-refractivity contribution in [3.63, 3.8) is 0 Å². The smallest absolute Gasteiger partial charge is 0.309 e. The Bertz CT molecular complexity index is 482. The Kier molecular flexibility index (Phi) is 5.42. The summed E-state index contributed by atoms with van der Waals surface area (Å²) >= 11 is 2.79. The molecule has 1 fully saturated rings. The number of aromatic nitrogens is 1. The zero-order chi connectivity index (χ0) is 14.5. The second-order valence-electron chi connectivity index (χ2n) is 5.03. The van der Waals surface area contributed by atoms with Crippen LogP contribution in [0.25, 0.3) is 0 Å². The first kappa shape index (κ1) is 15.3. The van der Waals surface area contributed by atoms with Crippen molar-refractivity contribution < 1.29 is 14.7 Å². The Morgan fingerprint density at radius 1 is 1.50 bits per heavy atom. The van der Waals surface area contributed by atoms with Crippen molar-refractivity contribution in [3.8, 4) is 0 Å². The van der Waals surface area contributed by atoms with Crippen LogP contribution < -0.4 is 0 Å². The lowest BCUT2D eigenvalue weighted by Crippen LogP contribution is -2.38. The van der Waals surface area contributed by atoms with Crippen molar-refractivity contribution in [2.24, 2.45) is 5.92 Å². The van der Waals surface area contributed by atoms with Crippen LogP contribution in [0, 0.1) is 5.92 Å². The molecule has 0 aromatic carbocycles. The molecular weight excluding hydrogens is 296 g/mol. The largest absolute Gasteiger partial charge is 0.481 e. The number of aliphatic carboxylic acids is 1. The second kappa shape index (κ2) is 7.08. The van der Waals surface area contributed by atoms with Gasteiger partial charge in [-0.3, -0.25) is 9.59 Å². The molecule has 0 radical (unpaired) electrons. The maximum Gasteiger partial charge on any atom is 0.309 e. The summed E-state index contributed by atoms with van der Waals surface area (Å²) in [5, 5.41) is 10.4. The highest BCUT2D eigenvalue weighted by Crippen LogP contribution is 2.24. The Balaban J connectivity index is 1.78. The molecule has 110 valence electrons. The molecule has 7 heteroatoms. The van der Waals surface area contributed by atoms with Gasteiger partial charge in [0.2, 0.25) is 5.91 Å². The average Bonchev–Trinajstić information content (AvgIpc) is 2.83. The third-order valence-electron chi connectivity index (χ3n) is 3.32. The zero-order valence-electron chi connectivity index (χ0n) is 11.4. The number of hydrogen-bond donors (Lipinski definition) is 1. The van der Waals surface area contributed by atoms with E-state index in [4.69, 9.17) is 5.11 Å². The van der Waals surface area contributed by atoms with Gasteiger partial charge in [0.05, 0.1) is 17.9 Å². The summed E-state index contributed by atoms with van der Waals surface area (Å²) in [4.78, 5) is 28.7. The van der Waals surface area contributed by atoms with Crippen LogP contribution in [0.5, 0.6) is 0 Å². The number of thioether (sulfide) groups is 1. The molecule has 1 N–H and O–H groups in total. The molecule has 0 saturated carbocycles. The Labute approximate surface area is 126 Å². The van der Waals surface area contributed by atoms with Gasteiger partial charge in [0.1, 0.15) is 0 Å². The van der Waals surface area contributed by atoms with Gasteiger partial charge in [-0.15, -0.1) is 11.3 Å². The molecule has 0 spiro atoms. The number of thiazole rings is 1. The topological polar surface area (TPSA) is 70.5 Å². The molecule has 0 unspecified atom stereocenters. The van der Waals surface area contributed by atoms with Crippen LogP contribution in [-0.2, 0) is 16.0 Å².